The van der Waals surface area contributed by atoms with E-state index >= 15 is 0 Å². The predicted molar refractivity (Wildman–Crippen MR) is 67.5 cm³/mol. The van der Waals surface area contributed by atoms with Crippen molar-refractivity contribution >= 4 is 5.91 Å². The lowest BCUT2D eigenvalue weighted by Gasteiger charge is -2.22. The molecule has 1 saturated carbocycles. The van der Waals surface area contributed by atoms with Crippen molar-refractivity contribution in [2.24, 2.45) is 5.73 Å². The number of nitrogens with zero attached hydrogens (tertiary/aromatic N) is 1. The van der Waals surface area contributed by atoms with Crippen LogP contribution in [-0.4, -0.2) is 40.2 Å². The molecule has 5 heteroatoms. The molecular formula is C13H18N2O3. The Morgan fingerprint density at radius 2 is 2.11 bits per heavy atom. The number of nitrogens with two attached hydrogens (primary N) is 1. The molecule has 0 bridgehead atoms. The number of phenolic OH excluding ortho intramolecular Hbond substituents is 2. The van der Waals surface area contributed by atoms with Crippen LogP contribution < -0.4 is 5.73 Å². The van der Waals surface area contributed by atoms with Crippen LogP contribution in [0.2, 0.25) is 0 Å². The van der Waals surface area contributed by atoms with Gasteiger partial charge >= 0.3 is 0 Å². The number of phenols is 2. The summed E-state index contributed by atoms with van der Waals surface area (Å²) in [7, 11) is 0. The van der Waals surface area contributed by atoms with Crippen LogP contribution in [0.25, 0.3) is 0 Å². The molecule has 2 rings (SSSR count). The van der Waals surface area contributed by atoms with Crippen LogP contribution in [0.15, 0.2) is 18.2 Å². The second kappa shape index (κ2) is 5.27. The van der Waals surface area contributed by atoms with Crippen molar-refractivity contribution in [2.45, 2.75) is 25.3 Å². The molecule has 0 aromatic heterocycles. The number of para-hydroxylation sites is 1. The van der Waals surface area contributed by atoms with Crippen molar-refractivity contribution in [2.75, 3.05) is 13.1 Å². The van der Waals surface area contributed by atoms with Gasteiger partial charge in [-0.15, -0.1) is 0 Å². The fraction of sp³-hybridized carbons (Fsp3) is 0.462. The molecule has 18 heavy (non-hydrogen) atoms. The minimum Gasteiger partial charge on any atom is -0.504 e. The number of hydrogen-bond acceptors (Lipinski definition) is 4. The number of carbonyl (C=O) groups excluding carboxylic acids is 1. The van der Waals surface area contributed by atoms with Gasteiger partial charge in [-0.3, -0.25) is 4.79 Å². The van der Waals surface area contributed by atoms with E-state index < -0.39 is 0 Å². The molecule has 0 atom stereocenters. The van der Waals surface area contributed by atoms with Crippen LogP contribution in [0.1, 0.15) is 29.6 Å². The molecule has 0 radical (unpaired) electrons. The van der Waals surface area contributed by atoms with E-state index in [9.17, 15) is 15.0 Å². The smallest absolute Gasteiger partial charge is 0.258 e. The van der Waals surface area contributed by atoms with E-state index in [1.165, 1.54) is 12.1 Å². The van der Waals surface area contributed by atoms with E-state index in [0.29, 0.717) is 13.1 Å². The Kier molecular flexibility index (Phi) is 3.72. The summed E-state index contributed by atoms with van der Waals surface area (Å²) in [5.41, 5.74) is 5.61. The summed E-state index contributed by atoms with van der Waals surface area (Å²) in [6.07, 6.45) is 2.73. The predicted octanol–water partition coefficient (Wildman–Crippen LogP) is 1.05. The Labute approximate surface area is 106 Å². The zero-order valence-electron chi connectivity index (χ0n) is 10.2. The SMILES string of the molecule is NCCCN(C(=O)c1cccc(O)c1O)C1CC1. The summed E-state index contributed by atoms with van der Waals surface area (Å²) in [4.78, 5) is 14.1. The van der Waals surface area contributed by atoms with E-state index in [2.05, 4.69) is 0 Å². The Bertz CT molecular complexity index is 444. The molecule has 98 valence electrons. The summed E-state index contributed by atoms with van der Waals surface area (Å²) in [6, 6.07) is 4.68. The number of carbonyl (C=O) groups is 1. The summed E-state index contributed by atoms with van der Waals surface area (Å²) < 4.78 is 0. The largest absolute Gasteiger partial charge is 0.504 e. The first kappa shape index (κ1) is 12.7. The van der Waals surface area contributed by atoms with E-state index in [4.69, 9.17) is 5.73 Å². The minimum absolute atomic E-state index is 0.152. The number of benzene rings is 1. The maximum absolute atomic E-state index is 12.3. The topological polar surface area (TPSA) is 86.8 Å². The zero-order chi connectivity index (χ0) is 13.1. The monoisotopic (exact) mass is 250 g/mol. The second-order valence-electron chi connectivity index (χ2n) is 4.55. The lowest BCUT2D eigenvalue weighted by molar-refractivity contribution is 0.0738. The molecular weight excluding hydrogens is 232 g/mol. The third kappa shape index (κ3) is 2.56. The highest BCUT2D eigenvalue weighted by Crippen LogP contribution is 2.33. The fourth-order valence-electron chi connectivity index (χ4n) is 1.96. The molecule has 0 saturated heterocycles. The van der Waals surface area contributed by atoms with E-state index in [0.717, 1.165) is 19.3 Å². The van der Waals surface area contributed by atoms with Crippen LogP contribution >= 0.6 is 0 Å². The quantitative estimate of drug-likeness (QED) is 0.682. The summed E-state index contributed by atoms with van der Waals surface area (Å²) >= 11 is 0. The van der Waals surface area contributed by atoms with E-state index in [-0.39, 0.29) is 29.0 Å². The van der Waals surface area contributed by atoms with Crippen LogP contribution in [0.5, 0.6) is 11.5 Å². The van der Waals surface area contributed by atoms with Gasteiger partial charge in [-0.25, -0.2) is 0 Å². The molecule has 1 aromatic carbocycles. The first-order valence-corrected chi connectivity index (χ1v) is 6.17. The summed E-state index contributed by atoms with van der Waals surface area (Å²) in [5.74, 6) is -0.851. The molecule has 0 spiro atoms. The highest BCUT2D eigenvalue weighted by Gasteiger charge is 2.33. The van der Waals surface area contributed by atoms with Gasteiger partial charge in [0.15, 0.2) is 11.5 Å². The van der Waals surface area contributed by atoms with Gasteiger partial charge in [0, 0.05) is 12.6 Å². The first-order chi connectivity index (χ1) is 8.65. The van der Waals surface area contributed by atoms with Crippen molar-refractivity contribution in [1.29, 1.82) is 0 Å². The Morgan fingerprint density at radius 3 is 2.72 bits per heavy atom. The van der Waals surface area contributed by atoms with Gasteiger partial charge in [-0.05, 0) is 37.9 Å². The number of rotatable bonds is 5. The third-order valence-electron chi connectivity index (χ3n) is 3.10. The maximum Gasteiger partial charge on any atom is 0.258 e. The molecule has 1 aliphatic carbocycles. The summed E-state index contributed by atoms with van der Waals surface area (Å²) in [5, 5.41) is 19.1. The van der Waals surface area contributed by atoms with Crippen molar-refractivity contribution in [3.63, 3.8) is 0 Å². The average Bonchev–Trinajstić information content (AvgIpc) is 3.17. The lowest BCUT2D eigenvalue weighted by atomic mass is 10.1. The van der Waals surface area contributed by atoms with E-state index in [1.807, 2.05) is 0 Å². The minimum atomic E-state index is -0.346. The molecule has 1 aromatic rings. The molecule has 1 amide bonds. The van der Waals surface area contributed by atoms with E-state index in [1.54, 1.807) is 11.0 Å². The van der Waals surface area contributed by atoms with Gasteiger partial charge in [0.2, 0.25) is 0 Å². The number of amides is 1. The maximum atomic E-state index is 12.3. The Balaban J connectivity index is 2.19. The van der Waals surface area contributed by atoms with Crippen LogP contribution in [0, 0.1) is 0 Å². The molecule has 1 aliphatic rings. The zero-order valence-corrected chi connectivity index (χ0v) is 10.2. The normalized spacial score (nSPS) is 14.5. The first-order valence-electron chi connectivity index (χ1n) is 6.17. The highest BCUT2D eigenvalue weighted by molar-refractivity contribution is 5.98. The molecule has 0 heterocycles. The molecule has 5 nitrogen and oxygen atoms in total. The Hall–Kier alpha value is -1.75. The van der Waals surface area contributed by atoms with Gasteiger partial charge in [0.25, 0.3) is 5.91 Å². The van der Waals surface area contributed by atoms with Crippen LogP contribution in [0.3, 0.4) is 0 Å². The third-order valence-corrected chi connectivity index (χ3v) is 3.10. The standard InChI is InChI=1S/C13H18N2O3/c14-7-2-8-15(9-5-6-9)13(18)10-3-1-4-11(16)12(10)17/h1,3-4,9,16-17H,2,5-8,14H2. The Morgan fingerprint density at radius 1 is 1.39 bits per heavy atom. The fourth-order valence-corrected chi connectivity index (χ4v) is 1.96. The average molecular weight is 250 g/mol. The molecule has 4 N–H and O–H groups in total. The molecule has 1 fully saturated rings. The number of hydrogen-bond donors (Lipinski definition) is 3. The summed E-state index contributed by atoms with van der Waals surface area (Å²) in [6.45, 7) is 1.12. The van der Waals surface area contributed by atoms with Gasteiger partial charge in [0.05, 0.1) is 5.56 Å². The van der Waals surface area contributed by atoms with Crippen molar-refractivity contribution < 1.29 is 15.0 Å². The van der Waals surface area contributed by atoms with Crippen LogP contribution in [0.4, 0.5) is 0 Å². The second-order valence-corrected chi connectivity index (χ2v) is 4.55. The lowest BCUT2D eigenvalue weighted by Crippen LogP contribution is -2.34. The van der Waals surface area contributed by atoms with Gasteiger partial charge < -0.3 is 20.8 Å². The molecule has 0 unspecified atom stereocenters. The van der Waals surface area contributed by atoms with Gasteiger partial charge in [0.1, 0.15) is 0 Å². The van der Waals surface area contributed by atoms with Crippen molar-refractivity contribution in [3.05, 3.63) is 23.8 Å². The molecule has 0 aliphatic heterocycles. The van der Waals surface area contributed by atoms with Gasteiger partial charge in [-0.1, -0.05) is 6.07 Å². The van der Waals surface area contributed by atoms with Gasteiger partial charge in [-0.2, -0.15) is 0 Å². The number of aromatic hydroxyl groups is 2. The van der Waals surface area contributed by atoms with Crippen molar-refractivity contribution in [1.82, 2.24) is 4.90 Å². The van der Waals surface area contributed by atoms with Crippen molar-refractivity contribution in [3.8, 4) is 11.5 Å². The highest BCUT2D eigenvalue weighted by atomic mass is 16.3. The van der Waals surface area contributed by atoms with Crippen LogP contribution in [-0.2, 0) is 0 Å².